The second kappa shape index (κ2) is 12.6. The van der Waals surface area contributed by atoms with E-state index in [1.54, 1.807) is 0 Å². The predicted molar refractivity (Wildman–Crippen MR) is 236 cm³/mol. The molecule has 0 spiro atoms. The van der Waals surface area contributed by atoms with Crippen molar-refractivity contribution in [1.82, 2.24) is 19.5 Å². The summed E-state index contributed by atoms with van der Waals surface area (Å²) in [6.45, 7) is 0. The molecule has 12 aromatic rings. The first-order valence-electron chi connectivity index (χ1n) is 19.0. The van der Waals surface area contributed by atoms with Crippen molar-refractivity contribution < 1.29 is 4.42 Å². The average molecular weight is 747 g/mol. The maximum atomic E-state index is 7.11. The van der Waals surface area contributed by atoms with E-state index in [4.69, 9.17) is 19.4 Å². The first-order valence-corrected chi connectivity index (χ1v) is 19.8. The van der Waals surface area contributed by atoms with E-state index in [1.165, 1.54) is 30.9 Å². The molecular formula is C51H30N4OS. The highest BCUT2D eigenvalue weighted by Crippen LogP contribution is 2.44. The minimum Gasteiger partial charge on any atom is -0.454 e. The zero-order chi connectivity index (χ0) is 37.5. The normalized spacial score (nSPS) is 11.9. The van der Waals surface area contributed by atoms with Crippen molar-refractivity contribution in [2.45, 2.75) is 0 Å². The lowest BCUT2D eigenvalue weighted by Crippen LogP contribution is -2.00. The van der Waals surface area contributed by atoms with Gasteiger partial charge in [-0.05, 0) is 53.6 Å². The molecule has 0 unspecified atom stereocenters. The summed E-state index contributed by atoms with van der Waals surface area (Å²) in [5.41, 5.74) is 9.66. The Kier molecular flexibility index (Phi) is 7.03. The van der Waals surface area contributed by atoms with Gasteiger partial charge >= 0.3 is 0 Å². The van der Waals surface area contributed by atoms with Crippen LogP contribution < -0.4 is 0 Å². The highest BCUT2D eigenvalue weighted by Gasteiger charge is 2.23. The van der Waals surface area contributed by atoms with Gasteiger partial charge in [-0.25, -0.2) is 15.0 Å². The Bertz CT molecular complexity index is 3420. The number of thiophene rings is 1. The summed E-state index contributed by atoms with van der Waals surface area (Å²) in [5, 5.41) is 6.90. The second-order valence-electron chi connectivity index (χ2n) is 14.4. The maximum Gasteiger partial charge on any atom is 0.164 e. The molecule has 0 N–H and O–H groups in total. The zero-order valence-electron chi connectivity index (χ0n) is 30.4. The lowest BCUT2D eigenvalue weighted by Gasteiger charge is -2.11. The molecule has 0 saturated heterocycles. The Morgan fingerprint density at radius 3 is 1.68 bits per heavy atom. The van der Waals surface area contributed by atoms with E-state index in [-0.39, 0.29) is 0 Å². The van der Waals surface area contributed by atoms with Crippen LogP contribution in [0.4, 0.5) is 0 Å². The molecule has 0 bridgehead atoms. The molecule has 4 aromatic heterocycles. The van der Waals surface area contributed by atoms with Crippen LogP contribution in [0.1, 0.15) is 0 Å². The molecule has 8 aromatic carbocycles. The monoisotopic (exact) mass is 746 g/mol. The first-order chi connectivity index (χ1) is 28.2. The van der Waals surface area contributed by atoms with Crippen LogP contribution >= 0.6 is 11.3 Å². The average Bonchev–Trinajstić information content (AvgIpc) is 3.96. The van der Waals surface area contributed by atoms with E-state index in [2.05, 4.69) is 126 Å². The smallest absolute Gasteiger partial charge is 0.164 e. The summed E-state index contributed by atoms with van der Waals surface area (Å²) >= 11 is 1.82. The summed E-state index contributed by atoms with van der Waals surface area (Å²) < 4.78 is 12.0. The standard InChI is InChI=1S/C51H30N4OS/c1-3-14-31(15-4-1)49-52-50(32-16-5-2-6-17-32)54-51(53-49)40-28-34(33-26-27-38-37-20-9-12-25-45(37)57-46(38)30-33)29-44-47(40)39-21-13-24-43(48(39)56-44)55-41-22-10-7-18-35(41)36-19-8-11-23-42(36)55/h1-30H. The van der Waals surface area contributed by atoms with E-state index in [0.29, 0.717) is 17.5 Å². The van der Waals surface area contributed by atoms with Crippen molar-refractivity contribution in [2.75, 3.05) is 0 Å². The summed E-state index contributed by atoms with van der Waals surface area (Å²) in [4.78, 5) is 15.5. The van der Waals surface area contributed by atoms with Crippen molar-refractivity contribution in [3.05, 3.63) is 182 Å². The van der Waals surface area contributed by atoms with Crippen LogP contribution in [0.2, 0.25) is 0 Å². The summed E-state index contributed by atoms with van der Waals surface area (Å²) in [6.07, 6.45) is 0. The van der Waals surface area contributed by atoms with Gasteiger partial charge in [0.1, 0.15) is 5.58 Å². The molecular weight excluding hydrogens is 717 g/mol. The Labute approximate surface area is 330 Å². The Hall–Kier alpha value is -7.41. The molecule has 0 amide bonds. The van der Waals surface area contributed by atoms with Crippen LogP contribution in [0, 0.1) is 0 Å². The van der Waals surface area contributed by atoms with Gasteiger partial charge in [-0.2, -0.15) is 0 Å². The molecule has 266 valence electrons. The summed E-state index contributed by atoms with van der Waals surface area (Å²) in [7, 11) is 0. The highest BCUT2D eigenvalue weighted by atomic mass is 32.1. The largest absolute Gasteiger partial charge is 0.454 e. The number of furan rings is 1. The van der Waals surface area contributed by atoms with E-state index >= 15 is 0 Å². The number of benzene rings is 8. The third kappa shape index (κ3) is 5.04. The Balaban J connectivity index is 1.17. The van der Waals surface area contributed by atoms with Crippen molar-refractivity contribution in [2.24, 2.45) is 0 Å². The summed E-state index contributed by atoms with van der Waals surface area (Å²) in [6, 6.07) is 63.7. The number of fused-ring (bicyclic) bond motifs is 9. The number of para-hydroxylation sites is 3. The molecule has 0 fully saturated rings. The minimum atomic E-state index is 0.586. The van der Waals surface area contributed by atoms with Crippen molar-refractivity contribution in [3.8, 4) is 51.0 Å². The van der Waals surface area contributed by atoms with Crippen LogP contribution in [-0.4, -0.2) is 19.5 Å². The number of hydrogen-bond acceptors (Lipinski definition) is 5. The van der Waals surface area contributed by atoms with Gasteiger partial charge in [0.2, 0.25) is 0 Å². The van der Waals surface area contributed by atoms with Crippen LogP contribution in [0.25, 0.3) is 115 Å². The van der Waals surface area contributed by atoms with E-state index in [9.17, 15) is 0 Å². The molecule has 57 heavy (non-hydrogen) atoms. The molecule has 0 radical (unpaired) electrons. The fourth-order valence-corrected chi connectivity index (χ4v) is 9.59. The van der Waals surface area contributed by atoms with Gasteiger partial charge in [-0.15, -0.1) is 11.3 Å². The van der Waals surface area contributed by atoms with Crippen LogP contribution in [0.3, 0.4) is 0 Å². The van der Waals surface area contributed by atoms with Gasteiger partial charge in [-0.1, -0.05) is 140 Å². The van der Waals surface area contributed by atoms with Crippen LogP contribution in [-0.2, 0) is 0 Å². The molecule has 0 aliphatic rings. The van der Waals surface area contributed by atoms with Crippen LogP contribution in [0.5, 0.6) is 0 Å². The molecule has 12 rings (SSSR count). The predicted octanol–water partition coefficient (Wildman–Crippen LogP) is 13.9. The van der Waals surface area contributed by atoms with Crippen molar-refractivity contribution in [3.63, 3.8) is 0 Å². The van der Waals surface area contributed by atoms with Gasteiger partial charge in [-0.3, -0.25) is 0 Å². The number of hydrogen-bond donors (Lipinski definition) is 0. The second-order valence-corrected chi connectivity index (χ2v) is 15.5. The molecule has 6 heteroatoms. The van der Waals surface area contributed by atoms with Gasteiger partial charge in [0.25, 0.3) is 0 Å². The lowest BCUT2D eigenvalue weighted by molar-refractivity contribution is 0.666. The first kappa shape index (κ1) is 31.9. The molecule has 0 atom stereocenters. The van der Waals surface area contributed by atoms with Gasteiger partial charge < -0.3 is 8.98 Å². The highest BCUT2D eigenvalue weighted by molar-refractivity contribution is 7.25. The fraction of sp³-hybridized carbons (Fsp3) is 0. The van der Waals surface area contributed by atoms with E-state index in [0.717, 1.165) is 66.5 Å². The molecule has 5 nitrogen and oxygen atoms in total. The van der Waals surface area contributed by atoms with Gasteiger partial charge in [0, 0.05) is 58.4 Å². The molecule has 0 aliphatic carbocycles. The topological polar surface area (TPSA) is 56.7 Å². The van der Waals surface area contributed by atoms with Crippen LogP contribution in [0.15, 0.2) is 186 Å². The number of nitrogens with zero attached hydrogens (tertiary/aromatic N) is 4. The lowest BCUT2D eigenvalue weighted by atomic mass is 9.97. The van der Waals surface area contributed by atoms with Crippen molar-refractivity contribution >= 4 is 75.3 Å². The Morgan fingerprint density at radius 1 is 0.404 bits per heavy atom. The maximum absolute atomic E-state index is 7.11. The minimum absolute atomic E-state index is 0.586. The number of rotatable bonds is 5. The third-order valence-electron chi connectivity index (χ3n) is 11.1. The van der Waals surface area contributed by atoms with Gasteiger partial charge in [0.15, 0.2) is 23.1 Å². The third-order valence-corrected chi connectivity index (χ3v) is 12.2. The molecule has 0 saturated carbocycles. The molecule has 4 heterocycles. The summed E-state index contributed by atoms with van der Waals surface area (Å²) in [5.74, 6) is 1.81. The van der Waals surface area contributed by atoms with E-state index < -0.39 is 0 Å². The quantitative estimate of drug-likeness (QED) is 0.176. The van der Waals surface area contributed by atoms with Gasteiger partial charge in [0.05, 0.1) is 16.7 Å². The number of aromatic nitrogens is 4. The van der Waals surface area contributed by atoms with Crippen molar-refractivity contribution in [1.29, 1.82) is 0 Å². The van der Waals surface area contributed by atoms with E-state index in [1.807, 2.05) is 72.0 Å². The SMILES string of the molecule is c1ccc(-c2nc(-c3ccccc3)nc(-c3cc(-c4ccc5c(c4)sc4ccccc45)cc4oc5c(-n6c7ccccc7c7ccccc76)cccc5c34)n2)cc1. The Morgan fingerprint density at radius 2 is 0.982 bits per heavy atom. The molecule has 0 aliphatic heterocycles. The zero-order valence-corrected chi connectivity index (χ0v) is 31.2. The fourth-order valence-electron chi connectivity index (χ4n) is 8.45.